The number of cyclic esters (lactones) is 1. The summed E-state index contributed by atoms with van der Waals surface area (Å²) in [5.74, 6) is -0.968. The lowest BCUT2D eigenvalue weighted by atomic mass is 10.0. The number of hydrogen-bond acceptors (Lipinski definition) is 6. The first kappa shape index (κ1) is 21.3. The van der Waals surface area contributed by atoms with Crippen molar-refractivity contribution < 1.29 is 18.7 Å². The van der Waals surface area contributed by atoms with Crippen molar-refractivity contribution in [2.45, 2.75) is 19.4 Å². The SMILES string of the molecule is O=C1OCc2cc(CCN3CCN(C(=O)Cc4ccc(-n5cncn5)cc4)CC3)cc(F)c21. The van der Waals surface area contributed by atoms with Gasteiger partial charge in [-0.15, -0.1) is 0 Å². The van der Waals surface area contributed by atoms with E-state index in [1.165, 1.54) is 12.4 Å². The molecule has 3 heterocycles. The number of ether oxygens (including phenoxy) is 1. The monoisotopic (exact) mass is 449 g/mol. The second-order valence-electron chi connectivity index (χ2n) is 8.34. The van der Waals surface area contributed by atoms with Gasteiger partial charge in [-0.05, 0) is 35.7 Å². The summed E-state index contributed by atoms with van der Waals surface area (Å²) < 4.78 is 20.8. The van der Waals surface area contributed by atoms with Gasteiger partial charge in [0.1, 0.15) is 30.6 Å². The van der Waals surface area contributed by atoms with Gasteiger partial charge in [-0.1, -0.05) is 18.2 Å². The number of amides is 1. The number of fused-ring (bicyclic) bond motifs is 1. The van der Waals surface area contributed by atoms with Crippen LogP contribution in [-0.2, 0) is 29.0 Å². The first-order valence-electron chi connectivity index (χ1n) is 11.0. The largest absolute Gasteiger partial charge is 0.457 e. The summed E-state index contributed by atoms with van der Waals surface area (Å²) in [6, 6.07) is 11.0. The van der Waals surface area contributed by atoms with Crippen molar-refractivity contribution >= 4 is 11.9 Å². The van der Waals surface area contributed by atoms with Gasteiger partial charge in [-0.3, -0.25) is 9.69 Å². The average molecular weight is 449 g/mol. The summed E-state index contributed by atoms with van der Waals surface area (Å²) in [5, 5.41) is 4.10. The van der Waals surface area contributed by atoms with Crippen molar-refractivity contribution in [2.24, 2.45) is 0 Å². The van der Waals surface area contributed by atoms with Crippen LogP contribution >= 0.6 is 0 Å². The van der Waals surface area contributed by atoms with E-state index in [0.29, 0.717) is 31.5 Å². The van der Waals surface area contributed by atoms with Gasteiger partial charge < -0.3 is 9.64 Å². The highest BCUT2D eigenvalue weighted by molar-refractivity contribution is 5.93. The normalized spacial score (nSPS) is 16.0. The van der Waals surface area contributed by atoms with E-state index in [4.69, 9.17) is 4.74 Å². The fraction of sp³-hybridized carbons (Fsp3) is 0.333. The summed E-state index contributed by atoms with van der Waals surface area (Å²) in [7, 11) is 0. The Balaban J connectivity index is 1.10. The molecule has 0 unspecified atom stereocenters. The molecule has 33 heavy (non-hydrogen) atoms. The molecular weight excluding hydrogens is 425 g/mol. The number of rotatable bonds is 6. The number of carbonyl (C=O) groups is 2. The highest BCUT2D eigenvalue weighted by Crippen LogP contribution is 2.25. The minimum atomic E-state index is -0.582. The van der Waals surface area contributed by atoms with Gasteiger partial charge >= 0.3 is 5.97 Å². The van der Waals surface area contributed by atoms with Crippen LogP contribution < -0.4 is 0 Å². The van der Waals surface area contributed by atoms with Crippen LogP contribution in [0.15, 0.2) is 49.1 Å². The second kappa shape index (κ2) is 9.11. The first-order valence-corrected chi connectivity index (χ1v) is 11.0. The molecular formula is C24H24FN5O3. The van der Waals surface area contributed by atoms with Gasteiger partial charge in [0.05, 0.1) is 12.1 Å². The third-order valence-electron chi connectivity index (χ3n) is 6.21. The summed E-state index contributed by atoms with van der Waals surface area (Å²) in [5.41, 5.74) is 3.42. The topological polar surface area (TPSA) is 80.6 Å². The van der Waals surface area contributed by atoms with Crippen LogP contribution in [0.25, 0.3) is 5.69 Å². The average Bonchev–Trinajstić information content (AvgIpc) is 3.49. The summed E-state index contributed by atoms with van der Waals surface area (Å²) in [4.78, 5) is 32.4. The molecule has 0 aliphatic carbocycles. The van der Waals surface area contributed by atoms with Crippen LogP contribution in [0, 0.1) is 5.82 Å². The molecule has 0 radical (unpaired) electrons. The maximum Gasteiger partial charge on any atom is 0.341 e. The van der Waals surface area contributed by atoms with Crippen molar-refractivity contribution in [3.8, 4) is 5.69 Å². The Morgan fingerprint density at radius 3 is 2.58 bits per heavy atom. The van der Waals surface area contributed by atoms with Gasteiger partial charge in [-0.25, -0.2) is 18.9 Å². The van der Waals surface area contributed by atoms with E-state index < -0.39 is 11.8 Å². The van der Waals surface area contributed by atoms with E-state index in [-0.39, 0.29) is 18.1 Å². The number of halogens is 1. The van der Waals surface area contributed by atoms with Crippen molar-refractivity contribution in [1.82, 2.24) is 24.6 Å². The maximum atomic E-state index is 14.2. The summed E-state index contributed by atoms with van der Waals surface area (Å²) in [6.07, 6.45) is 4.17. The van der Waals surface area contributed by atoms with E-state index in [1.807, 2.05) is 35.2 Å². The molecule has 5 rings (SSSR count). The van der Waals surface area contributed by atoms with Gasteiger partial charge in [0, 0.05) is 38.3 Å². The lowest BCUT2D eigenvalue weighted by molar-refractivity contribution is -0.132. The Kier molecular flexibility index (Phi) is 5.87. The molecule has 1 amide bonds. The predicted molar refractivity (Wildman–Crippen MR) is 117 cm³/mol. The molecule has 0 atom stereocenters. The van der Waals surface area contributed by atoms with Gasteiger partial charge in [0.25, 0.3) is 0 Å². The third-order valence-corrected chi connectivity index (χ3v) is 6.21. The Hall–Kier alpha value is -3.59. The van der Waals surface area contributed by atoms with Crippen LogP contribution in [0.1, 0.15) is 27.0 Å². The zero-order valence-electron chi connectivity index (χ0n) is 18.1. The molecule has 0 bridgehead atoms. The van der Waals surface area contributed by atoms with Crippen molar-refractivity contribution in [2.75, 3.05) is 32.7 Å². The Morgan fingerprint density at radius 1 is 1.06 bits per heavy atom. The van der Waals surface area contributed by atoms with E-state index in [1.54, 1.807) is 11.0 Å². The minimum Gasteiger partial charge on any atom is -0.457 e. The molecule has 8 nitrogen and oxygen atoms in total. The lowest BCUT2D eigenvalue weighted by Crippen LogP contribution is -2.49. The number of benzene rings is 2. The number of nitrogens with zero attached hydrogens (tertiary/aromatic N) is 5. The minimum absolute atomic E-state index is 0.0684. The summed E-state index contributed by atoms with van der Waals surface area (Å²) in [6.45, 7) is 3.84. The Bertz CT molecular complexity index is 1160. The van der Waals surface area contributed by atoms with Crippen LogP contribution in [0.2, 0.25) is 0 Å². The Labute approximate surface area is 190 Å². The van der Waals surface area contributed by atoms with E-state index in [0.717, 1.165) is 36.4 Å². The maximum absolute atomic E-state index is 14.2. The molecule has 0 saturated carbocycles. The molecule has 0 N–H and O–H groups in total. The quantitative estimate of drug-likeness (QED) is 0.536. The molecule has 1 saturated heterocycles. The number of aromatic nitrogens is 3. The molecule has 1 fully saturated rings. The first-order chi connectivity index (χ1) is 16.1. The number of carbonyl (C=O) groups excluding carboxylic acids is 2. The molecule has 2 aromatic carbocycles. The van der Waals surface area contributed by atoms with Crippen molar-refractivity contribution in [1.29, 1.82) is 0 Å². The second-order valence-corrected chi connectivity index (χ2v) is 8.34. The molecule has 1 aromatic heterocycles. The number of piperazine rings is 1. The molecule has 2 aliphatic heterocycles. The molecule has 9 heteroatoms. The van der Waals surface area contributed by atoms with Crippen LogP contribution in [0.4, 0.5) is 4.39 Å². The lowest BCUT2D eigenvalue weighted by Gasteiger charge is -2.35. The highest BCUT2D eigenvalue weighted by atomic mass is 19.1. The molecule has 0 spiro atoms. The summed E-state index contributed by atoms with van der Waals surface area (Å²) >= 11 is 0. The van der Waals surface area contributed by atoms with Crippen LogP contribution in [0.5, 0.6) is 0 Å². The molecule has 3 aromatic rings. The smallest absolute Gasteiger partial charge is 0.341 e. The molecule has 170 valence electrons. The highest BCUT2D eigenvalue weighted by Gasteiger charge is 2.26. The van der Waals surface area contributed by atoms with Gasteiger partial charge in [0.15, 0.2) is 0 Å². The van der Waals surface area contributed by atoms with Gasteiger partial charge in [-0.2, -0.15) is 5.10 Å². The Morgan fingerprint density at radius 2 is 1.85 bits per heavy atom. The zero-order chi connectivity index (χ0) is 22.8. The van der Waals surface area contributed by atoms with Crippen molar-refractivity contribution in [3.63, 3.8) is 0 Å². The predicted octanol–water partition coefficient (Wildman–Crippen LogP) is 2.01. The fourth-order valence-corrected chi connectivity index (χ4v) is 4.33. The van der Waals surface area contributed by atoms with Crippen LogP contribution in [-0.4, -0.2) is 69.2 Å². The van der Waals surface area contributed by atoms with Gasteiger partial charge in [0.2, 0.25) is 5.91 Å². The van der Waals surface area contributed by atoms with Crippen molar-refractivity contribution in [3.05, 3.63) is 77.1 Å². The fourth-order valence-electron chi connectivity index (χ4n) is 4.33. The third kappa shape index (κ3) is 4.63. The van der Waals surface area contributed by atoms with E-state index in [9.17, 15) is 14.0 Å². The standard InChI is InChI=1S/C24H24FN5O3/c25-21-12-18(11-19-14-33-24(32)23(19)21)5-6-28-7-9-29(10-8-28)22(31)13-17-1-3-20(4-2-17)30-16-26-15-27-30/h1-4,11-12,15-16H,5-10,13-14H2. The van der Waals surface area contributed by atoms with Crippen LogP contribution in [0.3, 0.4) is 0 Å². The number of hydrogen-bond donors (Lipinski definition) is 0. The van der Waals surface area contributed by atoms with E-state index >= 15 is 0 Å². The number of esters is 1. The van der Waals surface area contributed by atoms with E-state index in [2.05, 4.69) is 15.0 Å². The molecule has 2 aliphatic rings. The zero-order valence-corrected chi connectivity index (χ0v) is 18.1.